The highest BCUT2D eigenvalue weighted by Crippen LogP contribution is 2.09. The minimum Gasteiger partial charge on any atom is -0.336 e. The summed E-state index contributed by atoms with van der Waals surface area (Å²) >= 11 is 1.28. The van der Waals surface area contributed by atoms with Crippen molar-refractivity contribution >= 4 is 28.3 Å². The van der Waals surface area contributed by atoms with Gasteiger partial charge in [0.1, 0.15) is 5.51 Å². The minimum absolute atomic E-state index is 0.0355. The molecule has 1 fully saturated rings. The predicted molar refractivity (Wildman–Crippen MR) is 79.5 cm³/mol. The third kappa shape index (κ3) is 3.46. The number of nitrogens with one attached hydrogen (secondary N) is 2. The van der Waals surface area contributed by atoms with Crippen LogP contribution in [0, 0.1) is 0 Å². The molecule has 116 valence electrons. The van der Waals surface area contributed by atoms with Crippen LogP contribution in [0.5, 0.6) is 0 Å². The molecule has 3 heterocycles. The van der Waals surface area contributed by atoms with E-state index < -0.39 is 0 Å². The van der Waals surface area contributed by atoms with Crippen LogP contribution in [0.25, 0.3) is 0 Å². The maximum Gasteiger partial charge on any atom is 0.257 e. The molecule has 0 atom stereocenters. The van der Waals surface area contributed by atoms with E-state index in [0.717, 1.165) is 0 Å². The summed E-state index contributed by atoms with van der Waals surface area (Å²) in [4.78, 5) is 27.8. The summed E-state index contributed by atoms with van der Waals surface area (Å²) in [5.41, 5.74) is 2.12. The van der Waals surface area contributed by atoms with Crippen LogP contribution >= 0.6 is 11.3 Å². The maximum atomic E-state index is 12.2. The van der Waals surface area contributed by atoms with Crippen LogP contribution in [0.15, 0.2) is 17.9 Å². The van der Waals surface area contributed by atoms with Crippen molar-refractivity contribution in [1.29, 1.82) is 0 Å². The van der Waals surface area contributed by atoms with Crippen LogP contribution in [0.3, 0.4) is 0 Å². The number of amides is 2. The van der Waals surface area contributed by atoms with Crippen molar-refractivity contribution in [2.24, 2.45) is 0 Å². The third-order valence-electron chi connectivity index (χ3n) is 3.38. The van der Waals surface area contributed by atoms with Crippen LogP contribution in [-0.4, -0.2) is 74.7 Å². The maximum absolute atomic E-state index is 12.2. The zero-order valence-corrected chi connectivity index (χ0v) is 12.5. The van der Waals surface area contributed by atoms with Gasteiger partial charge in [-0.1, -0.05) is 11.3 Å². The van der Waals surface area contributed by atoms with Crippen molar-refractivity contribution in [3.63, 3.8) is 0 Å². The molecule has 2 amide bonds. The molecule has 22 heavy (non-hydrogen) atoms. The lowest BCUT2D eigenvalue weighted by Gasteiger charge is -2.34. The SMILES string of the molecule is O=C(CN1CCN(C(=O)c2cn[nH]c2)CC1)Nc1nncs1. The number of rotatable bonds is 4. The van der Waals surface area contributed by atoms with E-state index in [1.165, 1.54) is 17.5 Å². The standard InChI is InChI=1S/C12H15N7O2S/c20-10(16-12-17-15-8-22-12)7-18-1-3-19(4-2-18)11(21)9-5-13-14-6-9/h5-6,8H,1-4,7H2,(H,13,14)(H,16,17,20). The molecule has 1 saturated heterocycles. The zero-order chi connectivity index (χ0) is 15.4. The lowest BCUT2D eigenvalue weighted by atomic mass is 10.2. The molecular formula is C12H15N7O2S. The number of aromatic amines is 1. The first-order valence-corrected chi connectivity index (χ1v) is 7.67. The molecular weight excluding hydrogens is 306 g/mol. The molecule has 2 N–H and O–H groups in total. The van der Waals surface area contributed by atoms with Gasteiger partial charge in [0.25, 0.3) is 5.91 Å². The van der Waals surface area contributed by atoms with E-state index in [1.54, 1.807) is 16.6 Å². The molecule has 9 nitrogen and oxygen atoms in total. The molecule has 10 heteroatoms. The number of nitrogens with zero attached hydrogens (tertiary/aromatic N) is 5. The van der Waals surface area contributed by atoms with Gasteiger partial charge < -0.3 is 4.90 Å². The molecule has 0 radical (unpaired) electrons. The quantitative estimate of drug-likeness (QED) is 0.797. The second-order valence-corrected chi connectivity index (χ2v) is 5.68. The summed E-state index contributed by atoms with van der Waals surface area (Å²) in [5.74, 6) is -0.155. The van der Waals surface area contributed by atoms with E-state index >= 15 is 0 Å². The molecule has 0 saturated carbocycles. The molecule has 1 aliphatic heterocycles. The van der Waals surface area contributed by atoms with E-state index in [1.807, 2.05) is 4.90 Å². The number of H-pyrrole nitrogens is 1. The van der Waals surface area contributed by atoms with Gasteiger partial charge in [0.2, 0.25) is 11.0 Å². The molecule has 0 aromatic carbocycles. The van der Waals surface area contributed by atoms with Crippen molar-refractivity contribution in [3.8, 4) is 0 Å². The average Bonchev–Trinajstić information content (AvgIpc) is 3.20. The Labute approximate surface area is 130 Å². The first-order valence-electron chi connectivity index (χ1n) is 6.79. The smallest absolute Gasteiger partial charge is 0.257 e. The second kappa shape index (κ2) is 6.62. The fraction of sp³-hybridized carbons (Fsp3) is 0.417. The summed E-state index contributed by atoms with van der Waals surface area (Å²) in [6.45, 7) is 2.79. The first kappa shape index (κ1) is 14.6. The topological polar surface area (TPSA) is 107 Å². The van der Waals surface area contributed by atoms with Crippen LogP contribution < -0.4 is 5.32 Å². The summed E-state index contributed by atoms with van der Waals surface area (Å²) in [7, 11) is 0. The zero-order valence-electron chi connectivity index (χ0n) is 11.7. The van der Waals surface area contributed by atoms with Gasteiger partial charge in [0.05, 0.1) is 18.3 Å². The van der Waals surface area contributed by atoms with Gasteiger partial charge in [-0.15, -0.1) is 10.2 Å². The lowest BCUT2D eigenvalue weighted by molar-refractivity contribution is -0.117. The van der Waals surface area contributed by atoms with Gasteiger partial charge in [-0.3, -0.25) is 24.9 Å². The summed E-state index contributed by atoms with van der Waals surface area (Å²) in [6, 6.07) is 0. The van der Waals surface area contributed by atoms with E-state index in [0.29, 0.717) is 36.9 Å². The van der Waals surface area contributed by atoms with Crippen LogP contribution in [-0.2, 0) is 4.79 Å². The highest BCUT2D eigenvalue weighted by atomic mass is 32.1. The molecule has 2 aromatic rings. The monoisotopic (exact) mass is 321 g/mol. The Morgan fingerprint density at radius 2 is 2.14 bits per heavy atom. The molecule has 3 rings (SSSR count). The van der Waals surface area contributed by atoms with Crippen LogP contribution in [0.2, 0.25) is 0 Å². The Kier molecular flexibility index (Phi) is 4.39. The van der Waals surface area contributed by atoms with Gasteiger partial charge in [-0.05, 0) is 0 Å². The fourth-order valence-corrected chi connectivity index (χ4v) is 2.71. The Balaban J connectivity index is 1.45. The highest BCUT2D eigenvalue weighted by Gasteiger charge is 2.23. The van der Waals surface area contributed by atoms with Gasteiger partial charge in [0.15, 0.2) is 0 Å². The van der Waals surface area contributed by atoms with Crippen LogP contribution in [0.1, 0.15) is 10.4 Å². The second-order valence-electron chi connectivity index (χ2n) is 4.85. The third-order valence-corrected chi connectivity index (χ3v) is 3.98. The number of hydrogen-bond donors (Lipinski definition) is 2. The summed E-state index contributed by atoms with van der Waals surface area (Å²) in [6.07, 6.45) is 3.11. The molecule has 1 aliphatic rings. The molecule has 0 bridgehead atoms. The van der Waals surface area contributed by atoms with Crippen molar-refractivity contribution in [1.82, 2.24) is 30.2 Å². The van der Waals surface area contributed by atoms with Gasteiger partial charge in [-0.25, -0.2) is 0 Å². The van der Waals surface area contributed by atoms with E-state index in [-0.39, 0.29) is 18.4 Å². The number of anilines is 1. The Morgan fingerprint density at radius 3 is 2.77 bits per heavy atom. The number of carbonyl (C=O) groups is 2. The average molecular weight is 321 g/mol. The van der Waals surface area contributed by atoms with Gasteiger partial charge >= 0.3 is 0 Å². The molecule has 0 aliphatic carbocycles. The first-order chi connectivity index (χ1) is 10.7. The molecule has 2 aromatic heterocycles. The van der Waals surface area contributed by atoms with Gasteiger partial charge in [-0.2, -0.15) is 5.10 Å². The van der Waals surface area contributed by atoms with E-state index in [2.05, 4.69) is 25.7 Å². The van der Waals surface area contributed by atoms with Crippen LogP contribution in [0.4, 0.5) is 5.13 Å². The predicted octanol–water partition coefficient (Wildman–Crippen LogP) is -0.342. The summed E-state index contributed by atoms with van der Waals surface area (Å²) < 4.78 is 0. The number of aromatic nitrogens is 4. The number of carbonyl (C=O) groups excluding carboxylic acids is 2. The van der Waals surface area contributed by atoms with Gasteiger partial charge in [0, 0.05) is 32.4 Å². The van der Waals surface area contributed by atoms with Crippen molar-refractivity contribution in [2.75, 3.05) is 38.0 Å². The Bertz CT molecular complexity index is 620. The minimum atomic E-state index is -0.119. The fourth-order valence-electron chi connectivity index (χ4n) is 2.25. The van der Waals surface area contributed by atoms with E-state index in [4.69, 9.17) is 0 Å². The number of piperazine rings is 1. The Morgan fingerprint density at radius 1 is 1.32 bits per heavy atom. The summed E-state index contributed by atoms with van der Waals surface area (Å²) in [5, 5.41) is 17.0. The van der Waals surface area contributed by atoms with Crippen molar-refractivity contribution in [3.05, 3.63) is 23.5 Å². The normalized spacial score (nSPS) is 15.7. The van der Waals surface area contributed by atoms with E-state index in [9.17, 15) is 9.59 Å². The number of hydrogen-bond acceptors (Lipinski definition) is 7. The highest BCUT2D eigenvalue weighted by molar-refractivity contribution is 7.13. The lowest BCUT2D eigenvalue weighted by Crippen LogP contribution is -2.50. The molecule has 0 unspecified atom stereocenters. The van der Waals surface area contributed by atoms with Crippen molar-refractivity contribution < 1.29 is 9.59 Å². The largest absolute Gasteiger partial charge is 0.336 e. The van der Waals surface area contributed by atoms with Crippen molar-refractivity contribution in [2.45, 2.75) is 0 Å². The molecule has 0 spiro atoms. The Hall–Kier alpha value is -2.33.